The Morgan fingerprint density at radius 2 is 1.47 bits per heavy atom. The van der Waals surface area contributed by atoms with Crippen LogP contribution in [0.4, 0.5) is 13.2 Å². The topological polar surface area (TPSA) is 91.3 Å². The van der Waals surface area contributed by atoms with Gasteiger partial charge in [0.25, 0.3) is 0 Å². The molecule has 1 heterocycles. The van der Waals surface area contributed by atoms with Gasteiger partial charge in [-0.2, -0.15) is 0 Å². The van der Waals surface area contributed by atoms with Gasteiger partial charge in [0.15, 0.2) is 15.6 Å². The molecule has 1 aliphatic rings. The second-order valence-electron chi connectivity index (χ2n) is 7.72. The van der Waals surface area contributed by atoms with Crippen LogP contribution >= 0.6 is 0 Å². The average Bonchev–Trinajstić information content (AvgIpc) is 2.68. The van der Waals surface area contributed by atoms with Crippen LogP contribution in [0.15, 0.2) is 53.4 Å². The van der Waals surface area contributed by atoms with Crippen molar-refractivity contribution >= 4 is 9.84 Å². The number of sulfone groups is 1. The highest BCUT2D eigenvalue weighted by atomic mass is 32.2. The zero-order valence-corrected chi connectivity index (χ0v) is 18.2. The van der Waals surface area contributed by atoms with Gasteiger partial charge in [0.05, 0.1) is 30.0 Å². The fraction of sp³-hybridized carbons (Fsp3) is 0.429. The second-order valence-corrected chi connectivity index (χ2v) is 9.76. The fourth-order valence-corrected chi connectivity index (χ4v) is 4.41. The van der Waals surface area contributed by atoms with Gasteiger partial charge in [-0.15, -0.1) is 13.2 Å². The predicted octanol–water partition coefficient (Wildman–Crippen LogP) is 3.91. The van der Waals surface area contributed by atoms with E-state index < -0.39 is 39.8 Å². The fourth-order valence-electron chi connectivity index (χ4n) is 2.94. The molecule has 7 nitrogen and oxygen atoms in total. The molecule has 32 heavy (non-hydrogen) atoms. The molecule has 1 atom stereocenters. The Labute approximate surface area is 183 Å². The molecular weight excluding hydrogens is 453 g/mol. The summed E-state index contributed by atoms with van der Waals surface area (Å²) in [5, 5.41) is 10.3. The lowest BCUT2D eigenvalue weighted by Crippen LogP contribution is -2.45. The SMILES string of the molecule is CC1(C)OCC(C(O)CS(=O)(=O)c2ccc(Oc3ccc(OC(F)(F)F)cc3)cc2)CO1. The summed E-state index contributed by atoms with van der Waals surface area (Å²) < 4.78 is 82.1. The third kappa shape index (κ3) is 6.83. The molecule has 2 aromatic rings. The van der Waals surface area contributed by atoms with E-state index >= 15 is 0 Å². The molecular formula is C21H23F3O7S. The van der Waals surface area contributed by atoms with Crippen LogP contribution in [0.25, 0.3) is 0 Å². The van der Waals surface area contributed by atoms with Gasteiger partial charge in [0, 0.05) is 5.92 Å². The highest BCUT2D eigenvalue weighted by molar-refractivity contribution is 7.91. The van der Waals surface area contributed by atoms with Gasteiger partial charge in [-0.05, 0) is 62.4 Å². The van der Waals surface area contributed by atoms with E-state index in [9.17, 15) is 26.7 Å². The molecule has 1 unspecified atom stereocenters. The molecule has 1 N–H and O–H groups in total. The first-order valence-electron chi connectivity index (χ1n) is 9.65. The van der Waals surface area contributed by atoms with Crippen molar-refractivity contribution in [3.63, 3.8) is 0 Å². The number of hydrogen-bond acceptors (Lipinski definition) is 7. The van der Waals surface area contributed by atoms with Gasteiger partial charge >= 0.3 is 6.36 Å². The zero-order chi connectivity index (χ0) is 23.6. The first-order valence-corrected chi connectivity index (χ1v) is 11.3. The van der Waals surface area contributed by atoms with E-state index in [0.717, 1.165) is 12.1 Å². The molecule has 0 aromatic heterocycles. The largest absolute Gasteiger partial charge is 0.573 e. The molecule has 0 aliphatic carbocycles. The quantitative estimate of drug-likeness (QED) is 0.648. The molecule has 0 bridgehead atoms. The lowest BCUT2D eigenvalue weighted by Gasteiger charge is -2.36. The lowest BCUT2D eigenvalue weighted by atomic mass is 10.0. The lowest BCUT2D eigenvalue weighted by molar-refractivity contribution is -0.274. The number of aliphatic hydroxyl groups is 1. The average molecular weight is 476 g/mol. The Kier molecular flexibility index (Phi) is 7.03. The van der Waals surface area contributed by atoms with Crippen molar-refractivity contribution in [2.45, 2.75) is 37.0 Å². The summed E-state index contributed by atoms with van der Waals surface area (Å²) in [7, 11) is -3.79. The molecule has 0 amide bonds. The Morgan fingerprint density at radius 1 is 1.00 bits per heavy atom. The molecule has 3 rings (SSSR count). The number of halogens is 3. The van der Waals surface area contributed by atoms with Crippen molar-refractivity contribution in [3.8, 4) is 17.2 Å². The summed E-state index contributed by atoms with van der Waals surface area (Å²) in [6, 6.07) is 10.3. The standard InChI is InChI=1S/C21H23F3O7S/c1-20(2)28-11-14(12-29-20)19(25)13-32(26,27)18-9-7-16(8-10-18)30-15-3-5-17(6-4-15)31-21(22,23)24/h3-10,14,19,25H,11-13H2,1-2H3. The smallest absolute Gasteiger partial charge is 0.457 e. The van der Waals surface area contributed by atoms with E-state index in [4.69, 9.17) is 14.2 Å². The maximum absolute atomic E-state index is 12.6. The minimum Gasteiger partial charge on any atom is -0.457 e. The Balaban J connectivity index is 1.59. The van der Waals surface area contributed by atoms with Crippen LogP contribution in [0.1, 0.15) is 13.8 Å². The molecule has 1 fully saturated rings. The second kappa shape index (κ2) is 9.26. The highest BCUT2D eigenvalue weighted by Crippen LogP contribution is 2.29. The highest BCUT2D eigenvalue weighted by Gasteiger charge is 2.34. The number of ether oxygens (including phenoxy) is 4. The third-order valence-electron chi connectivity index (χ3n) is 4.70. The van der Waals surface area contributed by atoms with Crippen molar-refractivity contribution in [1.82, 2.24) is 0 Å². The van der Waals surface area contributed by atoms with Gasteiger partial charge in [0.2, 0.25) is 0 Å². The van der Waals surface area contributed by atoms with E-state index in [1.165, 1.54) is 36.4 Å². The summed E-state index contributed by atoms with van der Waals surface area (Å²) in [6.07, 6.45) is -5.95. The molecule has 1 aliphatic heterocycles. The number of benzene rings is 2. The van der Waals surface area contributed by atoms with Crippen molar-refractivity contribution in [1.29, 1.82) is 0 Å². The van der Waals surface area contributed by atoms with Gasteiger partial charge in [-0.3, -0.25) is 0 Å². The van der Waals surface area contributed by atoms with Gasteiger partial charge < -0.3 is 24.1 Å². The summed E-state index contributed by atoms with van der Waals surface area (Å²) in [4.78, 5) is -0.00389. The molecule has 0 spiro atoms. The predicted molar refractivity (Wildman–Crippen MR) is 107 cm³/mol. The monoisotopic (exact) mass is 476 g/mol. The normalized spacial score (nSPS) is 18.2. The first kappa shape index (κ1) is 24.3. The Bertz CT molecular complexity index is 993. The maximum Gasteiger partial charge on any atom is 0.573 e. The molecule has 11 heteroatoms. The van der Waals surface area contributed by atoms with Crippen molar-refractivity contribution in [2.24, 2.45) is 5.92 Å². The van der Waals surface area contributed by atoms with Gasteiger partial charge in [-0.25, -0.2) is 8.42 Å². The summed E-state index contributed by atoms with van der Waals surface area (Å²) in [6.45, 7) is 3.84. The van der Waals surface area contributed by atoms with E-state index in [-0.39, 0.29) is 35.4 Å². The minimum atomic E-state index is -4.79. The molecule has 0 saturated carbocycles. The molecule has 176 valence electrons. The number of aliphatic hydroxyl groups excluding tert-OH is 1. The van der Waals surface area contributed by atoms with Crippen LogP contribution in [0, 0.1) is 5.92 Å². The van der Waals surface area contributed by atoms with Crippen molar-refractivity contribution in [3.05, 3.63) is 48.5 Å². The third-order valence-corrected chi connectivity index (χ3v) is 6.47. The van der Waals surface area contributed by atoms with E-state index in [1.54, 1.807) is 13.8 Å². The minimum absolute atomic E-state index is 0.00389. The van der Waals surface area contributed by atoms with Crippen LogP contribution in [-0.4, -0.2) is 50.7 Å². The van der Waals surface area contributed by atoms with Crippen LogP contribution in [0.5, 0.6) is 17.2 Å². The molecule has 2 aromatic carbocycles. The van der Waals surface area contributed by atoms with Crippen molar-refractivity contribution in [2.75, 3.05) is 19.0 Å². The molecule has 0 radical (unpaired) electrons. The summed E-state index contributed by atoms with van der Waals surface area (Å²) in [5.74, 6) is -1.59. The van der Waals surface area contributed by atoms with Crippen molar-refractivity contribution < 1.29 is 45.6 Å². The summed E-state index contributed by atoms with van der Waals surface area (Å²) >= 11 is 0. The van der Waals surface area contributed by atoms with E-state index in [0.29, 0.717) is 0 Å². The van der Waals surface area contributed by atoms with Gasteiger partial charge in [0.1, 0.15) is 17.2 Å². The van der Waals surface area contributed by atoms with Crippen LogP contribution < -0.4 is 9.47 Å². The molecule has 1 saturated heterocycles. The van der Waals surface area contributed by atoms with Gasteiger partial charge in [-0.1, -0.05) is 0 Å². The van der Waals surface area contributed by atoms with E-state index in [2.05, 4.69) is 4.74 Å². The number of alkyl halides is 3. The summed E-state index contributed by atoms with van der Waals surface area (Å²) in [5.41, 5.74) is 0. The maximum atomic E-state index is 12.6. The van der Waals surface area contributed by atoms with Crippen LogP contribution in [0.3, 0.4) is 0 Å². The Morgan fingerprint density at radius 3 is 1.97 bits per heavy atom. The number of rotatable bonds is 7. The van der Waals surface area contributed by atoms with E-state index in [1.807, 2.05) is 0 Å². The van der Waals surface area contributed by atoms with Crippen LogP contribution in [0.2, 0.25) is 0 Å². The van der Waals surface area contributed by atoms with Crippen LogP contribution in [-0.2, 0) is 19.3 Å². The zero-order valence-electron chi connectivity index (χ0n) is 17.3. The number of hydrogen-bond donors (Lipinski definition) is 1. The first-order chi connectivity index (χ1) is 14.8. The Hall–Kier alpha value is -2.34.